The first-order valence-electron chi connectivity index (χ1n) is 4.59. The largest absolute Gasteiger partial charge is 0.207 e. The second kappa shape index (κ2) is 6.41. The van der Waals surface area contributed by atoms with Crippen LogP contribution in [0.3, 0.4) is 0 Å². The number of halogens is 1. The van der Waals surface area contributed by atoms with Gasteiger partial charge in [0.2, 0.25) is 0 Å². The van der Waals surface area contributed by atoms with E-state index in [0.29, 0.717) is 0 Å². The third-order valence-electron chi connectivity index (χ3n) is 1.48. The van der Waals surface area contributed by atoms with Crippen molar-refractivity contribution < 1.29 is 4.39 Å². The molecule has 0 aromatic heterocycles. The monoisotopic (exact) mass is 180 g/mol. The summed E-state index contributed by atoms with van der Waals surface area (Å²) in [5.74, 6) is -0.165. The first-order valence-corrected chi connectivity index (χ1v) is 4.59. The van der Waals surface area contributed by atoms with Gasteiger partial charge in [0.25, 0.3) is 0 Å². The zero-order valence-corrected chi connectivity index (χ0v) is 8.60. The fourth-order valence-electron chi connectivity index (χ4n) is 1.10. The van der Waals surface area contributed by atoms with E-state index < -0.39 is 0 Å². The van der Waals surface area contributed by atoms with E-state index in [4.69, 9.17) is 0 Å². The SMILES string of the molecule is C=CCc1cc(C)cc(F)c1.CC. The fourth-order valence-corrected chi connectivity index (χ4v) is 1.10. The molecule has 0 N–H and O–H groups in total. The normalized spacial score (nSPS) is 8.62. The molecule has 0 aliphatic heterocycles. The molecule has 0 fully saturated rings. The van der Waals surface area contributed by atoms with Gasteiger partial charge in [-0.1, -0.05) is 26.0 Å². The van der Waals surface area contributed by atoms with Crippen LogP contribution in [0.25, 0.3) is 0 Å². The van der Waals surface area contributed by atoms with E-state index in [1.54, 1.807) is 6.08 Å². The minimum Gasteiger partial charge on any atom is -0.207 e. The van der Waals surface area contributed by atoms with Crippen molar-refractivity contribution in [2.75, 3.05) is 0 Å². The highest BCUT2D eigenvalue weighted by molar-refractivity contribution is 5.24. The zero-order valence-electron chi connectivity index (χ0n) is 8.60. The maximum Gasteiger partial charge on any atom is 0.123 e. The zero-order chi connectivity index (χ0) is 10.3. The van der Waals surface area contributed by atoms with Crippen LogP contribution >= 0.6 is 0 Å². The number of allylic oxidation sites excluding steroid dienone is 1. The van der Waals surface area contributed by atoms with Crippen molar-refractivity contribution in [3.8, 4) is 0 Å². The molecule has 1 aromatic carbocycles. The third-order valence-corrected chi connectivity index (χ3v) is 1.48. The molecule has 0 spiro atoms. The lowest BCUT2D eigenvalue weighted by molar-refractivity contribution is 0.625. The van der Waals surface area contributed by atoms with Gasteiger partial charge >= 0.3 is 0 Å². The molecule has 1 rings (SSSR count). The summed E-state index contributed by atoms with van der Waals surface area (Å²) in [6, 6.07) is 5.02. The van der Waals surface area contributed by atoms with Gasteiger partial charge in [-0.05, 0) is 36.6 Å². The third kappa shape index (κ3) is 4.46. The molecule has 72 valence electrons. The van der Waals surface area contributed by atoms with Crippen molar-refractivity contribution in [3.63, 3.8) is 0 Å². The summed E-state index contributed by atoms with van der Waals surface area (Å²) < 4.78 is 12.7. The van der Waals surface area contributed by atoms with E-state index in [1.807, 2.05) is 26.8 Å². The van der Waals surface area contributed by atoms with Crippen molar-refractivity contribution in [2.24, 2.45) is 0 Å². The molecule has 0 radical (unpaired) electrons. The highest BCUT2D eigenvalue weighted by atomic mass is 19.1. The lowest BCUT2D eigenvalue weighted by Crippen LogP contribution is -1.85. The van der Waals surface area contributed by atoms with Crippen molar-refractivity contribution in [3.05, 3.63) is 47.8 Å². The van der Waals surface area contributed by atoms with Gasteiger partial charge in [0, 0.05) is 0 Å². The van der Waals surface area contributed by atoms with Crippen LogP contribution in [0, 0.1) is 12.7 Å². The Morgan fingerprint density at radius 3 is 2.38 bits per heavy atom. The minimum atomic E-state index is -0.165. The van der Waals surface area contributed by atoms with Crippen LogP contribution < -0.4 is 0 Å². The number of benzene rings is 1. The Hall–Kier alpha value is -1.11. The van der Waals surface area contributed by atoms with Gasteiger partial charge in [0.05, 0.1) is 0 Å². The number of aryl methyl sites for hydroxylation is 1. The quantitative estimate of drug-likeness (QED) is 0.606. The Balaban J connectivity index is 0.000000671. The highest BCUT2D eigenvalue weighted by Crippen LogP contribution is 2.08. The summed E-state index contributed by atoms with van der Waals surface area (Å²) in [4.78, 5) is 0. The van der Waals surface area contributed by atoms with Crippen molar-refractivity contribution in [2.45, 2.75) is 27.2 Å². The summed E-state index contributed by atoms with van der Waals surface area (Å²) in [6.07, 6.45) is 2.51. The maximum absolute atomic E-state index is 12.7. The van der Waals surface area contributed by atoms with Gasteiger partial charge in [-0.3, -0.25) is 0 Å². The van der Waals surface area contributed by atoms with Crippen LogP contribution in [0.5, 0.6) is 0 Å². The van der Waals surface area contributed by atoms with Crippen LogP contribution in [0.4, 0.5) is 4.39 Å². The molecular weight excluding hydrogens is 163 g/mol. The first kappa shape index (κ1) is 11.9. The average Bonchev–Trinajstić information content (AvgIpc) is 2.06. The summed E-state index contributed by atoms with van der Waals surface area (Å²) in [6.45, 7) is 9.48. The van der Waals surface area contributed by atoms with Crippen molar-refractivity contribution in [1.29, 1.82) is 0 Å². The second-order valence-electron chi connectivity index (χ2n) is 2.63. The smallest absolute Gasteiger partial charge is 0.123 e. The highest BCUT2D eigenvalue weighted by Gasteiger charge is 1.94. The maximum atomic E-state index is 12.7. The fraction of sp³-hybridized carbons (Fsp3) is 0.333. The molecule has 0 nitrogen and oxygen atoms in total. The van der Waals surface area contributed by atoms with Gasteiger partial charge in [0.15, 0.2) is 0 Å². The summed E-state index contributed by atoms with van der Waals surface area (Å²) in [7, 11) is 0. The molecule has 0 aliphatic rings. The molecule has 13 heavy (non-hydrogen) atoms. The van der Waals surface area contributed by atoms with E-state index in [-0.39, 0.29) is 5.82 Å². The molecule has 0 bridgehead atoms. The van der Waals surface area contributed by atoms with Gasteiger partial charge in [-0.2, -0.15) is 0 Å². The summed E-state index contributed by atoms with van der Waals surface area (Å²) in [5.41, 5.74) is 1.94. The van der Waals surface area contributed by atoms with Crippen molar-refractivity contribution in [1.82, 2.24) is 0 Å². The lowest BCUT2D eigenvalue weighted by Gasteiger charge is -1.98. The molecule has 0 aliphatic carbocycles. The Kier molecular flexibility index (Phi) is 5.86. The minimum absolute atomic E-state index is 0.165. The van der Waals surface area contributed by atoms with Gasteiger partial charge in [-0.15, -0.1) is 6.58 Å². The van der Waals surface area contributed by atoms with Gasteiger partial charge in [0.1, 0.15) is 5.82 Å². The van der Waals surface area contributed by atoms with Crippen LogP contribution in [0.2, 0.25) is 0 Å². The average molecular weight is 180 g/mol. The van der Waals surface area contributed by atoms with Crippen LogP contribution in [0.1, 0.15) is 25.0 Å². The number of rotatable bonds is 2. The van der Waals surface area contributed by atoms with Crippen LogP contribution in [-0.2, 0) is 6.42 Å². The summed E-state index contributed by atoms with van der Waals surface area (Å²) in [5, 5.41) is 0. The van der Waals surface area contributed by atoms with E-state index in [9.17, 15) is 4.39 Å². The van der Waals surface area contributed by atoms with E-state index in [1.165, 1.54) is 12.1 Å². The van der Waals surface area contributed by atoms with E-state index in [2.05, 4.69) is 6.58 Å². The topological polar surface area (TPSA) is 0 Å². The lowest BCUT2D eigenvalue weighted by atomic mass is 10.1. The molecule has 1 heteroatoms. The Labute approximate surface area is 80.1 Å². The van der Waals surface area contributed by atoms with Crippen LogP contribution in [0.15, 0.2) is 30.9 Å². The Bertz CT molecular complexity index is 244. The predicted octanol–water partition coefficient (Wildman–Crippen LogP) is 3.89. The second-order valence-corrected chi connectivity index (χ2v) is 2.63. The number of hydrogen-bond donors (Lipinski definition) is 0. The number of hydrogen-bond acceptors (Lipinski definition) is 0. The molecule has 0 saturated carbocycles. The summed E-state index contributed by atoms with van der Waals surface area (Å²) >= 11 is 0. The predicted molar refractivity (Wildman–Crippen MR) is 56.4 cm³/mol. The van der Waals surface area contributed by atoms with Gasteiger partial charge < -0.3 is 0 Å². The molecule has 0 atom stereocenters. The van der Waals surface area contributed by atoms with E-state index >= 15 is 0 Å². The van der Waals surface area contributed by atoms with Crippen LogP contribution in [-0.4, -0.2) is 0 Å². The molecule has 0 heterocycles. The Morgan fingerprint density at radius 1 is 1.31 bits per heavy atom. The Morgan fingerprint density at radius 2 is 1.92 bits per heavy atom. The first-order chi connectivity index (χ1) is 6.22. The van der Waals surface area contributed by atoms with Crippen molar-refractivity contribution >= 4 is 0 Å². The standard InChI is InChI=1S/C10H11F.C2H6/c1-3-4-9-5-8(2)6-10(11)7-9;1-2/h3,5-7H,1,4H2,2H3;1-2H3. The molecule has 1 aromatic rings. The molecule has 0 unspecified atom stereocenters. The van der Waals surface area contributed by atoms with E-state index in [0.717, 1.165) is 17.5 Å². The molecular formula is C12H17F. The molecule has 0 saturated heterocycles. The molecule has 0 amide bonds. The van der Waals surface area contributed by atoms with Gasteiger partial charge in [-0.25, -0.2) is 4.39 Å².